The fourth-order valence-electron chi connectivity index (χ4n) is 2.57. The van der Waals surface area contributed by atoms with Gasteiger partial charge >= 0.3 is 6.03 Å². The van der Waals surface area contributed by atoms with Crippen molar-refractivity contribution in [3.05, 3.63) is 47.5 Å². The van der Waals surface area contributed by atoms with Crippen LogP contribution in [0.2, 0.25) is 0 Å². The number of amides is 2. The first-order valence-corrected chi connectivity index (χ1v) is 8.34. The van der Waals surface area contributed by atoms with Crippen LogP contribution in [0.5, 0.6) is 0 Å². The normalized spacial score (nSPS) is 16.2. The van der Waals surface area contributed by atoms with Crippen molar-refractivity contribution in [2.24, 2.45) is 5.16 Å². The van der Waals surface area contributed by atoms with Gasteiger partial charge in [-0.05, 0) is 19.4 Å². The molecule has 0 bridgehead atoms. The molecule has 1 aliphatic heterocycles. The number of aromatic nitrogens is 3. The average Bonchev–Trinajstić information content (AvgIpc) is 3.27. The molecule has 0 saturated heterocycles. The van der Waals surface area contributed by atoms with Gasteiger partial charge in [-0.1, -0.05) is 35.0 Å². The zero-order valence-corrected chi connectivity index (χ0v) is 14.4. The van der Waals surface area contributed by atoms with Gasteiger partial charge in [0.25, 0.3) is 0 Å². The Hall–Kier alpha value is -2.90. The van der Waals surface area contributed by atoms with Crippen molar-refractivity contribution >= 4 is 11.7 Å². The van der Waals surface area contributed by atoms with Gasteiger partial charge in [0.05, 0.1) is 18.8 Å². The Morgan fingerprint density at radius 3 is 2.88 bits per heavy atom. The summed E-state index contributed by atoms with van der Waals surface area (Å²) < 4.78 is 1.74. The molecule has 132 valence electrons. The van der Waals surface area contributed by atoms with Crippen molar-refractivity contribution in [1.82, 2.24) is 25.4 Å². The second-order valence-electron chi connectivity index (χ2n) is 5.89. The molecule has 25 heavy (non-hydrogen) atoms. The molecular weight excluding hydrogens is 320 g/mol. The maximum absolute atomic E-state index is 11.9. The van der Waals surface area contributed by atoms with Gasteiger partial charge in [-0.3, -0.25) is 0 Å². The second kappa shape index (κ2) is 7.78. The zero-order valence-electron chi connectivity index (χ0n) is 14.4. The van der Waals surface area contributed by atoms with Crippen LogP contribution in [-0.4, -0.2) is 39.2 Å². The van der Waals surface area contributed by atoms with Crippen molar-refractivity contribution < 1.29 is 9.63 Å². The lowest BCUT2D eigenvalue weighted by atomic mass is 10.0. The Bertz CT molecular complexity index is 753. The minimum Gasteiger partial charge on any atom is -0.390 e. The van der Waals surface area contributed by atoms with Gasteiger partial charge in [-0.25, -0.2) is 14.5 Å². The van der Waals surface area contributed by atoms with Crippen LogP contribution in [0.4, 0.5) is 4.79 Å². The van der Waals surface area contributed by atoms with Gasteiger partial charge in [0.15, 0.2) is 6.10 Å². The van der Waals surface area contributed by atoms with Crippen LogP contribution in [0.3, 0.4) is 0 Å². The number of aryl methyl sites for hydroxylation is 2. The lowest BCUT2D eigenvalue weighted by Gasteiger charge is -2.11. The van der Waals surface area contributed by atoms with E-state index < -0.39 is 0 Å². The molecule has 1 aromatic heterocycles. The molecule has 0 unspecified atom stereocenters. The lowest BCUT2D eigenvalue weighted by molar-refractivity contribution is 0.0865. The zero-order chi connectivity index (χ0) is 17.6. The number of carbonyl (C=O) groups is 1. The van der Waals surface area contributed by atoms with Crippen LogP contribution in [0.15, 0.2) is 35.7 Å². The van der Waals surface area contributed by atoms with E-state index in [1.54, 1.807) is 4.68 Å². The van der Waals surface area contributed by atoms with Gasteiger partial charge in [0.2, 0.25) is 0 Å². The third-order valence-electron chi connectivity index (χ3n) is 4.01. The number of urea groups is 1. The Balaban J connectivity index is 1.41. The Labute approximate surface area is 146 Å². The number of oxime groups is 1. The molecule has 3 rings (SSSR count). The van der Waals surface area contributed by atoms with E-state index in [1.165, 1.54) is 11.9 Å². The molecule has 2 amide bonds. The average molecular weight is 342 g/mol. The third-order valence-corrected chi connectivity index (χ3v) is 4.01. The van der Waals surface area contributed by atoms with E-state index in [0.29, 0.717) is 26.1 Å². The molecular formula is C17H22N6O2. The molecule has 1 atom stereocenters. The van der Waals surface area contributed by atoms with Crippen molar-refractivity contribution in [2.75, 3.05) is 6.54 Å². The van der Waals surface area contributed by atoms with Crippen molar-refractivity contribution in [1.29, 1.82) is 0 Å². The van der Waals surface area contributed by atoms with Crippen LogP contribution in [-0.2, 0) is 17.9 Å². The van der Waals surface area contributed by atoms with E-state index >= 15 is 0 Å². The molecule has 8 heteroatoms. The molecule has 2 N–H and O–H groups in total. The minimum atomic E-state index is -0.266. The van der Waals surface area contributed by atoms with Crippen LogP contribution >= 0.6 is 0 Å². The monoisotopic (exact) mass is 342 g/mol. The minimum absolute atomic E-state index is 0.152. The van der Waals surface area contributed by atoms with E-state index in [4.69, 9.17) is 4.84 Å². The highest BCUT2D eigenvalue weighted by atomic mass is 16.6. The van der Waals surface area contributed by atoms with E-state index in [-0.39, 0.29) is 12.1 Å². The van der Waals surface area contributed by atoms with Gasteiger partial charge in [0, 0.05) is 13.0 Å². The molecule has 0 radical (unpaired) electrons. The molecule has 0 fully saturated rings. The number of hydrogen-bond acceptors (Lipinski definition) is 5. The summed E-state index contributed by atoms with van der Waals surface area (Å²) in [4.78, 5) is 21.4. The highest BCUT2D eigenvalue weighted by Gasteiger charge is 2.22. The summed E-state index contributed by atoms with van der Waals surface area (Å²) in [6.45, 7) is 5.46. The third kappa shape index (κ3) is 4.34. The van der Waals surface area contributed by atoms with E-state index in [0.717, 1.165) is 17.1 Å². The van der Waals surface area contributed by atoms with Crippen molar-refractivity contribution in [2.45, 2.75) is 39.5 Å². The first kappa shape index (κ1) is 16.9. The number of carbonyl (C=O) groups excluding carboxylic acids is 1. The van der Waals surface area contributed by atoms with Crippen molar-refractivity contribution in [3.8, 4) is 0 Å². The summed E-state index contributed by atoms with van der Waals surface area (Å²) in [6, 6.07) is 7.89. The fraction of sp³-hybridized carbons (Fsp3) is 0.412. The summed E-state index contributed by atoms with van der Waals surface area (Å²) in [7, 11) is 0. The van der Waals surface area contributed by atoms with Crippen LogP contribution in [0.25, 0.3) is 0 Å². The summed E-state index contributed by atoms with van der Waals surface area (Å²) in [5.74, 6) is 0.722. The van der Waals surface area contributed by atoms with E-state index in [9.17, 15) is 4.79 Å². The van der Waals surface area contributed by atoms with Gasteiger partial charge in [-0.2, -0.15) is 5.10 Å². The fourth-order valence-corrected chi connectivity index (χ4v) is 2.57. The largest absolute Gasteiger partial charge is 0.390 e. The number of hydrogen-bond donors (Lipinski definition) is 2. The van der Waals surface area contributed by atoms with Crippen LogP contribution in [0, 0.1) is 6.92 Å². The predicted molar refractivity (Wildman–Crippen MR) is 93.1 cm³/mol. The standard InChI is InChI=1S/C17H22N6O2/c1-3-23-16(20-11-21-23)10-19-17(24)18-9-14-8-15(22-25-14)13-6-4-12(2)5-7-13/h4-7,11,14H,3,8-10H2,1-2H3,(H2,18,19,24)/t14-/m1/s1. The quantitative estimate of drug-likeness (QED) is 0.834. The number of benzene rings is 1. The smallest absolute Gasteiger partial charge is 0.315 e. The lowest BCUT2D eigenvalue weighted by Crippen LogP contribution is -2.39. The Morgan fingerprint density at radius 1 is 1.32 bits per heavy atom. The number of nitrogens with zero attached hydrogens (tertiary/aromatic N) is 4. The highest BCUT2D eigenvalue weighted by Crippen LogP contribution is 2.16. The molecule has 0 aliphatic carbocycles. The summed E-state index contributed by atoms with van der Waals surface area (Å²) in [5, 5.41) is 13.8. The second-order valence-corrected chi connectivity index (χ2v) is 5.89. The van der Waals surface area contributed by atoms with Crippen LogP contribution in [0.1, 0.15) is 30.3 Å². The Kier molecular flexibility index (Phi) is 5.27. The Morgan fingerprint density at radius 2 is 2.12 bits per heavy atom. The molecule has 0 spiro atoms. The SMILES string of the molecule is CCn1ncnc1CNC(=O)NC[C@H]1CC(c2ccc(C)cc2)=NO1. The first-order valence-electron chi connectivity index (χ1n) is 8.34. The number of nitrogens with one attached hydrogen (secondary N) is 2. The molecule has 2 aromatic rings. The molecule has 0 saturated carbocycles. The van der Waals surface area contributed by atoms with Gasteiger partial charge < -0.3 is 15.5 Å². The summed E-state index contributed by atoms with van der Waals surface area (Å²) >= 11 is 0. The van der Waals surface area contributed by atoms with Crippen molar-refractivity contribution in [3.63, 3.8) is 0 Å². The summed E-state index contributed by atoms with van der Waals surface area (Å²) in [5.41, 5.74) is 3.16. The topological polar surface area (TPSA) is 93.4 Å². The van der Waals surface area contributed by atoms with Gasteiger partial charge in [-0.15, -0.1) is 0 Å². The van der Waals surface area contributed by atoms with E-state index in [2.05, 4.69) is 25.9 Å². The maximum Gasteiger partial charge on any atom is 0.315 e. The van der Waals surface area contributed by atoms with Crippen LogP contribution < -0.4 is 10.6 Å². The predicted octanol–water partition coefficient (Wildman–Crippen LogP) is 1.60. The number of rotatable bonds is 6. The highest BCUT2D eigenvalue weighted by molar-refractivity contribution is 6.01. The van der Waals surface area contributed by atoms with Gasteiger partial charge in [0.1, 0.15) is 12.2 Å². The molecule has 2 heterocycles. The van der Waals surface area contributed by atoms with E-state index in [1.807, 2.05) is 38.1 Å². The molecule has 1 aliphatic rings. The first-order chi connectivity index (χ1) is 12.2. The molecule has 1 aromatic carbocycles. The summed E-state index contributed by atoms with van der Waals surface area (Å²) in [6.07, 6.45) is 2.00. The molecule has 8 nitrogen and oxygen atoms in total. The maximum atomic E-state index is 11.9.